The second-order valence-electron chi connectivity index (χ2n) is 6.88. The zero-order valence-electron chi connectivity index (χ0n) is 16.0. The van der Waals surface area contributed by atoms with Crippen LogP contribution in [0.5, 0.6) is 5.75 Å². The van der Waals surface area contributed by atoms with Crippen LogP contribution < -0.4 is 13.3 Å². The maximum Gasteiger partial charge on any atom is 0.275 e. The number of anilines is 3. The number of nitrogens with zero attached hydrogens (tertiary/aromatic N) is 2. The van der Waals surface area contributed by atoms with E-state index in [2.05, 4.69) is 0 Å². The molecule has 0 spiro atoms. The highest BCUT2D eigenvalue weighted by Gasteiger charge is 2.42. The van der Waals surface area contributed by atoms with Gasteiger partial charge >= 0.3 is 0 Å². The lowest BCUT2D eigenvalue weighted by molar-refractivity contribution is -0.131. The number of fused-ring (bicyclic) bond motifs is 1. The highest BCUT2D eigenvalue weighted by Crippen LogP contribution is 2.44. The molecule has 0 bridgehead atoms. The molecule has 0 radical (unpaired) electrons. The summed E-state index contributed by atoms with van der Waals surface area (Å²) < 4.78 is 44.2. The molecule has 2 aromatic rings. The highest BCUT2D eigenvalue weighted by molar-refractivity contribution is 8.14. The van der Waals surface area contributed by atoms with Crippen LogP contribution in [-0.4, -0.2) is 32.4 Å². The van der Waals surface area contributed by atoms with Gasteiger partial charge in [0.25, 0.3) is 5.91 Å². The second-order valence-corrected chi connectivity index (χ2v) is 9.67. The lowest BCUT2D eigenvalue weighted by atomic mass is 10.0. The minimum Gasteiger partial charge on any atom is -0.476 e. The van der Waals surface area contributed by atoms with E-state index in [0.717, 1.165) is 18.2 Å². The number of hydrogen-bond donors (Lipinski definition) is 0. The third-order valence-electron chi connectivity index (χ3n) is 4.27. The van der Waals surface area contributed by atoms with Gasteiger partial charge in [-0.3, -0.25) is 9.69 Å². The van der Waals surface area contributed by atoms with Gasteiger partial charge in [-0.25, -0.2) is 16.5 Å². The van der Waals surface area contributed by atoms with Crippen LogP contribution in [0.2, 0.25) is 0 Å². The van der Waals surface area contributed by atoms with Gasteiger partial charge in [0, 0.05) is 18.0 Å². The van der Waals surface area contributed by atoms with Crippen molar-refractivity contribution in [3.05, 3.63) is 48.0 Å². The van der Waals surface area contributed by atoms with Gasteiger partial charge in [0.1, 0.15) is 12.4 Å². The minimum atomic E-state index is -3.49. The van der Waals surface area contributed by atoms with Crippen molar-refractivity contribution in [2.45, 2.75) is 26.1 Å². The van der Waals surface area contributed by atoms with Crippen molar-refractivity contribution in [2.24, 2.45) is 0 Å². The van der Waals surface area contributed by atoms with Gasteiger partial charge in [0.05, 0.1) is 17.6 Å². The van der Waals surface area contributed by atoms with Gasteiger partial charge in [-0.05, 0) is 55.6 Å². The highest BCUT2D eigenvalue weighted by atomic mass is 32.3. The molecular formula is C19H21FN2O4S2. The Morgan fingerprint density at radius 2 is 1.93 bits per heavy atom. The van der Waals surface area contributed by atoms with E-state index in [9.17, 15) is 17.6 Å². The molecule has 1 aliphatic heterocycles. The van der Waals surface area contributed by atoms with Crippen LogP contribution in [0, 0.1) is 0 Å². The second kappa shape index (κ2) is 7.29. The molecule has 28 heavy (non-hydrogen) atoms. The molecule has 1 amide bonds. The molecule has 0 aliphatic carbocycles. The number of halogens is 1. The smallest absolute Gasteiger partial charge is 0.275 e. The summed E-state index contributed by atoms with van der Waals surface area (Å²) >= 11 is 1.05. The van der Waals surface area contributed by atoms with E-state index in [-0.39, 0.29) is 5.91 Å². The van der Waals surface area contributed by atoms with Crippen molar-refractivity contribution in [3.63, 3.8) is 0 Å². The molecule has 0 unspecified atom stereocenters. The number of hydrogen-bond acceptors (Lipinski definition) is 5. The van der Waals surface area contributed by atoms with Gasteiger partial charge < -0.3 is 4.74 Å². The van der Waals surface area contributed by atoms with Crippen LogP contribution in [-0.2, 0) is 21.5 Å². The summed E-state index contributed by atoms with van der Waals surface area (Å²) in [4.78, 5) is 14.5. The molecule has 6 nitrogen and oxygen atoms in total. The fraction of sp³-hybridized carbons (Fsp3) is 0.316. The van der Waals surface area contributed by atoms with Crippen molar-refractivity contribution in [2.75, 3.05) is 21.1 Å². The zero-order valence-corrected chi connectivity index (χ0v) is 17.6. The lowest BCUT2D eigenvalue weighted by Crippen LogP contribution is -2.50. The Balaban J connectivity index is 2.16. The summed E-state index contributed by atoms with van der Waals surface area (Å²) in [6.07, 6.45) is 2.77. The Morgan fingerprint density at radius 3 is 2.54 bits per heavy atom. The first-order valence-electron chi connectivity index (χ1n) is 8.45. The molecule has 0 saturated heterocycles. The molecule has 1 heterocycles. The summed E-state index contributed by atoms with van der Waals surface area (Å²) in [5, 5.41) is 0. The average Bonchev–Trinajstić information content (AvgIpc) is 2.62. The number of ether oxygens (including phenoxy) is 1. The Hall–Kier alpha value is -2.26. The zero-order chi connectivity index (χ0) is 20.7. The van der Waals surface area contributed by atoms with Crippen LogP contribution in [0.25, 0.3) is 0 Å². The Labute approximate surface area is 168 Å². The summed E-state index contributed by atoms with van der Waals surface area (Å²) in [5.41, 5.74) is 0.691. The summed E-state index contributed by atoms with van der Waals surface area (Å²) in [6, 6.07) is 11.5. The van der Waals surface area contributed by atoms with Crippen LogP contribution >= 0.6 is 11.9 Å². The van der Waals surface area contributed by atoms with Gasteiger partial charge in [-0.2, -0.15) is 0 Å². The van der Waals surface area contributed by atoms with Crippen LogP contribution in [0.3, 0.4) is 0 Å². The molecule has 1 aliphatic rings. The number of carbonyl (C=O) groups is 1. The molecule has 0 saturated carbocycles. The quantitative estimate of drug-likeness (QED) is 0.678. The van der Waals surface area contributed by atoms with E-state index in [1.54, 1.807) is 62.6 Å². The van der Waals surface area contributed by atoms with Crippen LogP contribution in [0.15, 0.2) is 42.5 Å². The van der Waals surface area contributed by atoms with Crippen molar-refractivity contribution >= 4 is 44.9 Å². The predicted octanol–water partition coefficient (Wildman–Crippen LogP) is 4.04. The van der Waals surface area contributed by atoms with Crippen molar-refractivity contribution in [1.82, 2.24) is 0 Å². The molecule has 0 aromatic heterocycles. The van der Waals surface area contributed by atoms with E-state index >= 15 is 0 Å². The average molecular weight is 425 g/mol. The Morgan fingerprint density at radius 1 is 1.21 bits per heavy atom. The molecular weight excluding hydrogens is 403 g/mol. The monoisotopic (exact) mass is 424 g/mol. The first-order chi connectivity index (χ1) is 13.1. The number of benzene rings is 2. The summed E-state index contributed by atoms with van der Waals surface area (Å²) in [6.45, 7) is 2.64. The third kappa shape index (κ3) is 3.68. The van der Waals surface area contributed by atoms with E-state index in [1.807, 2.05) is 0 Å². The number of amides is 1. The van der Waals surface area contributed by atoms with E-state index in [1.165, 1.54) is 8.61 Å². The number of carbonyl (C=O) groups excluding carboxylic acids is 1. The molecule has 0 fully saturated rings. The van der Waals surface area contributed by atoms with E-state index < -0.39 is 22.3 Å². The standard InChI is InChI=1S/C19H21FN2O4S2/c1-19(2)18(23)21(14-7-5-6-13(10-14)12-20)16-9-8-15(11-17(16)26-19)22(27-3)28(4,24)25/h5-11H,12H2,1-4H3. The van der Waals surface area contributed by atoms with E-state index in [0.29, 0.717) is 28.4 Å². The molecule has 150 valence electrons. The Bertz CT molecular complexity index is 1020. The predicted molar refractivity (Wildman–Crippen MR) is 110 cm³/mol. The SMILES string of the molecule is CSN(c1ccc2c(c1)OC(C)(C)C(=O)N2c1cccc(CF)c1)S(C)(=O)=O. The van der Waals surface area contributed by atoms with Crippen molar-refractivity contribution in [3.8, 4) is 5.75 Å². The Kier molecular flexibility index (Phi) is 5.33. The molecule has 9 heteroatoms. The summed E-state index contributed by atoms with van der Waals surface area (Å²) in [5.74, 6) is 0.0732. The van der Waals surface area contributed by atoms with Crippen LogP contribution in [0.1, 0.15) is 19.4 Å². The molecule has 3 rings (SSSR count). The van der Waals surface area contributed by atoms with Gasteiger partial charge in [0.2, 0.25) is 10.0 Å². The minimum absolute atomic E-state index is 0.298. The number of sulfonamides is 1. The lowest BCUT2D eigenvalue weighted by Gasteiger charge is -2.39. The number of rotatable bonds is 5. The summed E-state index contributed by atoms with van der Waals surface area (Å²) in [7, 11) is -3.49. The first-order valence-corrected chi connectivity index (χ1v) is 11.5. The normalized spacial score (nSPS) is 15.8. The van der Waals surface area contributed by atoms with Crippen molar-refractivity contribution < 1.29 is 22.3 Å². The maximum absolute atomic E-state index is 13.1. The third-order valence-corrected chi connectivity index (χ3v) is 6.88. The van der Waals surface area contributed by atoms with Gasteiger partial charge in [0.15, 0.2) is 5.60 Å². The molecule has 0 N–H and O–H groups in total. The van der Waals surface area contributed by atoms with Gasteiger partial charge in [-0.15, -0.1) is 0 Å². The first kappa shape index (κ1) is 20.5. The van der Waals surface area contributed by atoms with Crippen LogP contribution in [0.4, 0.5) is 21.5 Å². The fourth-order valence-corrected chi connectivity index (χ4v) is 4.95. The van der Waals surface area contributed by atoms with Crippen molar-refractivity contribution in [1.29, 1.82) is 0 Å². The molecule has 2 aromatic carbocycles. The fourth-order valence-electron chi connectivity index (χ4n) is 3.05. The maximum atomic E-state index is 13.1. The largest absolute Gasteiger partial charge is 0.476 e. The topological polar surface area (TPSA) is 66.9 Å². The van der Waals surface area contributed by atoms with Gasteiger partial charge in [-0.1, -0.05) is 12.1 Å². The van der Waals surface area contributed by atoms with E-state index in [4.69, 9.17) is 4.74 Å². The number of alkyl halides is 1. The molecule has 0 atom stereocenters.